The van der Waals surface area contributed by atoms with Gasteiger partial charge in [-0.15, -0.1) is 6.42 Å². The van der Waals surface area contributed by atoms with E-state index in [0.717, 1.165) is 22.0 Å². The van der Waals surface area contributed by atoms with Crippen LogP contribution in [0, 0.1) is 12.3 Å². The fourth-order valence-corrected chi connectivity index (χ4v) is 3.03. The van der Waals surface area contributed by atoms with Crippen LogP contribution in [0.2, 0.25) is 0 Å². The maximum absolute atomic E-state index is 12.1. The molecule has 0 atom stereocenters. The minimum atomic E-state index is 0.0827. The van der Waals surface area contributed by atoms with Gasteiger partial charge in [-0.1, -0.05) is 31.0 Å². The number of hydrogen-bond donors (Lipinski definition) is 1. The Morgan fingerprint density at radius 2 is 2.07 bits per heavy atom. The minimum absolute atomic E-state index is 0.0827. The van der Waals surface area contributed by atoms with Crippen molar-refractivity contribution in [2.75, 3.05) is 5.32 Å². The predicted molar refractivity (Wildman–Crippen MR) is 107 cm³/mol. The molecule has 0 saturated heterocycles. The van der Waals surface area contributed by atoms with Crippen molar-refractivity contribution in [3.63, 3.8) is 0 Å². The Kier molecular flexibility index (Phi) is 4.23. The molecule has 0 aliphatic rings. The van der Waals surface area contributed by atoms with E-state index in [9.17, 15) is 4.79 Å². The van der Waals surface area contributed by atoms with Gasteiger partial charge in [-0.25, -0.2) is 15.0 Å². The van der Waals surface area contributed by atoms with Crippen molar-refractivity contribution in [2.45, 2.75) is 13.3 Å². The Hall–Kier alpha value is -3.78. The molecule has 1 N–H and O–H groups in total. The van der Waals surface area contributed by atoms with E-state index in [-0.39, 0.29) is 5.78 Å². The van der Waals surface area contributed by atoms with Crippen molar-refractivity contribution in [1.82, 2.24) is 15.0 Å². The molecule has 2 aromatic heterocycles. The average molecular weight is 352 g/mol. The zero-order valence-electron chi connectivity index (χ0n) is 14.7. The number of nitrogens with zero attached hydrogens (tertiary/aromatic N) is 3. The molecule has 2 heterocycles. The lowest BCUT2D eigenvalue weighted by molar-refractivity contribution is 0.0988. The molecule has 0 amide bonds. The molecule has 0 radical (unpaired) electrons. The lowest BCUT2D eigenvalue weighted by Crippen LogP contribution is -2.00. The van der Waals surface area contributed by atoms with Crippen LogP contribution in [0.25, 0.3) is 21.8 Å². The lowest BCUT2D eigenvalue weighted by Gasteiger charge is -2.11. The van der Waals surface area contributed by atoms with E-state index in [1.54, 1.807) is 6.20 Å². The summed E-state index contributed by atoms with van der Waals surface area (Å²) in [6.07, 6.45) is 9.19. The third kappa shape index (κ3) is 3.09. The van der Waals surface area contributed by atoms with Crippen LogP contribution in [-0.2, 0) is 0 Å². The summed E-state index contributed by atoms with van der Waals surface area (Å²) in [5, 5.41) is 5.07. The Morgan fingerprint density at radius 3 is 2.89 bits per heavy atom. The molecule has 0 bridgehead atoms. The van der Waals surface area contributed by atoms with Crippen molar-refractivity contribution in [2.24, 2.45) is 0 Å². The van der Waals surface area contributed by atoms with Crippen molar-refractivity contribution >= 4 is 39.1 Å². The largest absolute Gasteiger partial charge is 0.338 e. The van der Waals surface area contributed by atoms with Crippen LogP contribution in [0.3, 0.4) is 0 Å². The smallest absolute Gasteiger partial charge is 0.162 e. The summed E-state index contributed by atoms with van der Waals surface area (Å²) in [5.74, 6) is 3.30. The number of carbonyl (C=O) groups is 1. The predicted octanol–water partition coefficient (Wildman–Crippen LogP) is 4.50. The Labute approximate surface area is 156 Å². The standard InChI is InChI=1S/C22H16N4O/c1-3-14-6-5-7-16(10-14)25-22-21-18(12-23-13-24-21)17-9-8-15(20(27)4-2)11-19(17)26-22/h1,5-13H,4H2,2H3,(H,25,26). The van der Waals surface area contributed by atoms with Gasteiger partial charge in [0.25, 0.3) is 0 Å². The lowest BCUT2D eigenvalue weighted by atomic mass is 10.0. The SMILES string of the molecule is C#Cc1cccc(Nc2nc3cc(C(=O)CC)ccc3c3cncnc23)c1. The van der Waals surface area contributed by atoms with E-state index in [1.807, 2.05) is 49.4 Å². The molecule has 0 fully saturated rings. The Morgan fingerprint density at radius 1 is 1.19 bits per heavy atom. The van der Waals surface area contributed by atoms with E-state index in [2.05, 4.69) is 21.2 Å². The molecule has 4 aromatic rings. The highest BCUT2D eigenvalue weighted by molar-refractivity contribution is 6.10. The second-order valence-corrected chi connectivity index (χ2v) is 6.10. The van der Waals surface area contributed by atoms with Gasteiger partial charge in [-0.2, -0.15) is 0 Å². The van der Waals surface area contributed by atoms with Crippen LogP contribution < -0.4 is 5.32 Å². The maximum atomic E-state index is 12.1. The summed E-state index contributed by atoms with van der Waals surface area (Å²) in [4.78, 5) is 25.4. The molecule has 0 spiro atoms. The third-order valence-corrected chi connectivity index (χ3v) is 4.39. The van der Waals surface area contributed by atoms with E-state index >= 15 is 0 Å². The first-order chi connectivity index (χ1) is 13.2. The third-order valence-electron chi connectivity index (χ3n) is 4.39. The van der Waals surface area contributed by atoms with Gasteiger partial charge in [-0.05, 0) is 24.3 Å². The highest BCUT2D eigenvalue weighted by atomic mass is 16.1. The first kappa shape index (κ1) is 16.7. The number of pyridine rings is 1. The highest BCUT2D eigenvalue weighted by Crippen LogP contribution is 2.30. The quantitative estimate of drug-likeness (QED) is 0.333. The van der Waals surface area contributed by atoms with Crippen LogP contribution in [0.1, 0.15) is 29.3 Å². The van der Waals surface area contributed by atoms with E-state index < -0.39 is 0 Å². The normalized spacial score (nSPS) is 10.7. The number of Topliss-reactive ketones (excluding diaryl/α,β-unsaturated/α-hetero) is 1. The fraction of sp³-hybridized carbons (Fsp3) is 0.0909. The number of ketones is 1. The number of carbonyl (C=O) groups excluding carboxylic acids is 1. The van der Waals surface area contributed by atoms with E-state index in [1.165, 1.54) is 6.33 Å². The van der Waals surface area contributed by atoms with Gasteiger partial charge in [0, 0.05) is 40.2 Å². The Balaban J connectivity index is 1.91. The molecule has 0 unspecified atom stereocenters. The summed E-state index contributed by atoms with van der Waals surface area (Å²) >= 11 is 0. The maximum Gasteiger partial charge on any atom is 0.162 e. The van der Waals surface area contributed by atoms with Gasteiger partial charge < -0.3 is 5.32 Å². The monoisotopic (exact) mass is 352 g/mol. The number of nitrogens with one attached hydrogen (secondary N) is 1. The zero-order chi connectivity index (χ0) is 18.8. The van der Waals surface area contributed by atoms with Crippen molar-refractivity contribution in [3.05, 3.63) is 66.1 Å². The van der Waals surface area contributed by atoms with Crippen molar-refractivity contribution < 1.29 is 4.79 Å². The second kappa shape index (κ2) is 6.85. The van der Waals surface area contributed by atoms with Crippen LogP contribution in [-0.4, -0.2) is 20.7 Å². The first-order valence-electron chi connectivity index (χ1n) is 8.60. The molecule has 2 aromatic carbocycles. The molecule has 4 rings (SSSR count). The van der Waals surface area contributed by atoms with Gasteiger partial charge >= 0.3 is 0 Å². The number of anilines is 2. The summed E-state index contributed by atoms with van der Waals surface area (Å²) in [5.41, 5.74) is 3.66. The number of aromatic nitrogens is 3. The molecule has 5 heteroatoms. The molecule has 27 heavy (non-hydrogen) atoms. The first-order valence-corrected chi connectivity index (χ1v) is 8.60. The van der Waals surface area contributed by atoms with Gasteiger partial charge in [0.15, 0.2) is 11.6 Å². The van der Waals surface area contributed by atoms with Gasteiger partial charge in [0.2, 0.25) is 0 Å². The second-order valence-electron chi connectivity index (χ2n) is 6.10. The number of hydrogen-bond acceptors (Lipinski definition) is 5. The molecule has 0 aliphatic heterocycles. The molecule has 0 aliphatic carbocycles. The average Bonchev–Trinajstić information content (AvgIpc) is 2.73. The molecule has 130 valence electrons. The zero-order valence-corrected chi connectivity index (χ0v) is 14.7. The summed E-state index contributed by atoms with van der Waals surface area (Å²) in [6, 6.07) is 13.1. The number of fused-ring (bicyclic) bond motifs is 3. The van der Waals surface area contributed by atoms with E-state index in [0.29, 0.717) is 28.8 Å². The highest BCUT2D eigenvalue weighted by Gasteiger charge is 2.12. The number of benzene rings is 2. The van der Waals surface area contributed by atoms with Gasteiger partial charge in [-0.3, -0.25) is 4.79 Å². The number of rotatable bonds is 4. The van der Waals surface area contributed by atoms with Crippen LogP contribution in [0.5, 0.6) is 0 Å². The van der Waals surface area contributed by atoms with E-state index in [4.69, 9.17) is 11.4 Å². The molecular weight excluding hydrogens is 336 g/mol. The fourth-order valence-electron chi connectivity index (χ4n) is 3.03. The summed E-state index contributed by atoms with van der Waals surface area (Å²) in [6.45, 7) is 1.85. The topological polar surface area (TPSA) is 67.8 Å². The van der Waals surface area contributed by atoms with Crippen molar-refractivity contribution in [3.8, 4) is 12.3 Å². The molecule has 0 saturated carbocycles. The van der Waals surface area contributed by atoms with Crippen LogP contribution in [0.4, 0.5) is 11.5 Å². The van der Waals surface area contributed by atoms with Gasteiger partial charge in [0.1, 0.15) is 11.8 Å². The van der Waals surface area contributed by atoms with Crippen molar-refractivity contribution in [1.29, 1.82) is 0 Å². The van der Waals surface area contributed by atoms with Crippen LogP contribution in [0.15, 0.2) is 55.0 Å². The van der Waals surface area contributed by atoms with Gasteiger partial charge in [0.05, 0.1) is 5.52 Å². The summed E-state index contributed by atoms with van der Waals surface area (Å²) in [7, 11) is 0. The molecular formula is C22H16N4O. The number of terminal acetylenes is 1. The summed E-state index contributed by atoms with van der Waals surface area (Å²) < 4.78 is 0. The minimum Gasteiger partial charge on any atom is -0.338 e. The Bertz CT molecular complexity index is 1220. The molecule has 5 nitrogen and oxygen atoms in total. The van der Waals surface area contributed by atoms with Crippen LogP contribution >= 0.6 is 0 Å².